The summed E-state index contributed by atoms with van der Waals surface area (Å²) in [6, 6.07) is 3.86. The number of carboxylic acid groups (broad SMARTS) is 1. The van der Waals surface area contributed by atoms with Gasteiger partial charge in [0, 0.05) is 31.3 Å². The van der Waals surface area contributed by atoms with E-state index in [0.29, 0.717) is 43.8 Å². The van der Waals surface area contributed by atoms with Crippen molar-refractivity contribution in [1.82, 2.24) is 10.2 Å². The molecule has 4 N–H and O–H groups in total. The van der Waals surface area contributed by atoms with E-state index in [1.807, 2.05) is 11.5 Å². The SMILES string of the molecule is CC[C@H](NC(=O)c1ccc(/C(N)=[N+]2/CCSC2)cc1F)C(C)(C)C(=O)N1CCC(CC(=O)O)CC1. The van der Waals surface area contributed by atoms with E-state index in [9.17, 15) is 18.8 Å². The second-order valence-corrected chi connectivity index (χ2v) is 10.9. The molecule has 2 heterocycles. The first kappa shape index (κ1) is 27.0. The number of hydrogen-bond donors (Lipinski definition) is 3. The third kappa shape index (κ3) is 6.34. The van der Waals surface area contributed by atoms with Crippen molar-refractivity contribution in [2.75, 3.05) is 31.3 Å². The van der Waals surface area contributed by atoms with Gasteiger partial charge < -0.3 is 15.3 Å². The van der Waals surface area contributed by atoms with Crippen LogP contribution in [-0.2, 0) is 9.59 Å². The Morgan fingerprint density at radius 1 is 1.31 bits per heavy atom. The lowest BCUT2D eigenvalue weighted by molar-refractivity contribution is -0.495. The monoisotopic (exact) mass is 507 g/mol. The highest BCUT2D eigenvalue weighted by molar-refractivity contribution is 7.99. The number of halogens is 1. The molecule has 2 aliphatic heterocycles. The number of nitrogens with zero attached hydrogens (tertiary/aromatic N) is 2. The number of nitrogens with one attached hydrogen (secondary N) is 1. The van der Waals surface area contributed by atoms with Crippen LogP contribution in [0.3, 0.4) is 0 Å². The second-order valence-electron chi connectivity index (χ2n) is 9.87. The van der Waals surface area contributed by atoms with Crippen LogP contribution in [0.15, 0.2) is 18.2 Å². The van der Waals surface area contributed by atoms with E-state index >= 15 is 0 Å². The predicted molar refractivity (Wildman–Crippen MR) is 134 cm³/mol. The summed E-state index contributed by atoms with van der Waals surface area (Å²) in [5.41, 5.74) is 5.72. The van der Waals surface area contributed by atoms with Crippen LogP contribution in [0.1, 0.15) is 62.4 Å². The summed E-state index contributed by atoms with van der Waals surface area (Å²) in [5, 5.41) is 11.9. The standard InChI is InChI=1S/C25H35FN4O4S/c1-4-20(25(2,3)24(34)29-9-7-16(8-10-29)13-21(31)32)28-23(33)18-6-5-17(14-19(18)26)22(27)30-11-12-35-15-30/h5-6,14,16,20,27H,4,7-13,15H2,1-3H3,(H2,28,31,32,33)/p+1/t20-/m0/s1. The summed E-state index contributed by atoms with van der Waals surface area (Å²) in [7, 11) is 0. The van der Waals surface area contributed by atoms with E-state index in [4.69, 9.17) is 10.8 Å². The van der Waals surface area contributed by atoms with Gasteiger partial charge in [0.15, 0.2) is 0 Å². The molecule has 2 aliphatic rings. The number of amidine groups is 1. The minimum Gasteiger partial charge on any atom is -0.481 e. The number of likely N-dealkylation sites (tertiary alicyclic amines) is 1. The highest BCUT2D eigenvalue weighted by Gasteiger charge is 2.41. The number of carboxylic acids is 1. The van der Waals surface area contributed by atoms with Gasteiger partial charge in [0.1, 0.15) is 11.7 Å². The van der Waals surface area contributed by atoms with Gasteiger partial charge in [-0.25, -0.2) is 4.39 Å². The van der Waals surface area contributed by atoms with Gasteiger partial charge in [-0.2, -0.15) is 0 Å². The number of carbonyl (C=O) groups excluding carboxylic acids is 2. The van der Waals surface area contributed by atoms with Gasteiger partial charge in [-0.3, -0.25) is 24.7 Å². The minimum atomic E-state index is -0.911. The average Bonchev–Trinajstić information content (AvgIpc) is 3.36. The lowest BCUT2D eigenvalue weighted by Crippen LogP contribution is -2.54. The van der Waals surface area contributed by atoms with E-state index in [0.717, 1.165) is 18.2 Å². The molecule has 3 rings (SSSR count). The molecule has 35 heavy (non-hydrogen) atoms. The summed E-state index contributed by atoms with van der Waals surface area (Å²) < 4.78 is 16.9. The number of benzene rings is 1. The third-order valence-corrected chi connectivity index (χ3v) is 8.07. The molecule has 1 aromatic carbocycles. The van der Waals surface area contributed by atoms with Crippen LogP contribution >= 0.6 is 11.8 Å². The van der Waals surface area contributed by atoms with Crippen LogP contribution in [0.2, 0.25) is 0 Å². The van der Waals surface area contributed by atoms with E-state index < -0.39 is 29.2 Å². The Bertz CT molecular complexity index is 997. The van der Waals surface area contributed by atoms with Gasteiger partial charge in [0.05, 0.1) is 23.1 Å². The molecule has 2 amide bonds. The highest BCUT2D eigenvalue weighted by Crippen LogP contribution is 2.30. The number of amides is 2. The molecule has 10 heteroatoms. The molecule has 2 saturated heterocycles. The average molecular weight is 508 g/mol. The maximum atomic E-state index is 14.9. The normalized spacial score (nSPS) is 19.4. The molecule has 0 radical (unpaired) electrons. The van der Waals surface area contributed by atoms with Crippen LogP contribution < -0.4 is 11.1 Å². The van der Waals surface area contributed by atoms with Crippen LogP contribution in [-0.4, -0.2) is 75.5 Å². The van der Waals surface area contributed by atoms with Crippen molar-refractivity contribution in [2.45, 2.75) is 52.5 Å². The molecule has 8 nitrogen and oxygen atoms in total. The van der Waals surface area contributed by atoms with Gasteiger partial charge in [-0.15, -0.1) is 11.8 Å². The van der Waals surface area contributed by atoms with Crippen molar-refractivity contribution in [3.63, 3.8) is 0 Å². The van der Waals surface area contributed by atoms with E-state index in [1.165, 1.54) is 12.1 Å². The van der Waals surface area contributed by atoms with Gasteiger partial charge in [0.25, 0.3) is 11.7 Å². The molecule has 192 valence electrons. The highest BCUT2D eigenvalue weighted by atomic mass is 32.2. The molecular weight excluding hydrogens is 471 g/mol. The molecule has 2 fully saturated rings. The Hall–Kier alpha value is -2.62. The summed E-state index contributed by atoms with van der Waals surface area (Å²) in [4.78, 5) is 39.0. The maximum absolute atomic E-state index is 14.9. The number of hydrogen-bond acceptors (Lipinski definition) is 4. The summed E-state index contributed by atoms with van der Waals surface area (Å²) >= 11 is 1.76. The second kappa shape index (κ2) is 11.4. The first-order valence-corrected chi connectivity index (χ1v) is 13.3. The molecule has 1 atom stereocenters. The van der Waals surface area contributed by atoms with Crippen molar-refractivity contribution in [3.05, 3.63) is 35.1 Å². The van der Waals surface area contributed by atoms with E-state index in [-0.39, 0.29) is 23.8 Å². The number of aliphatic carboxylic acids is 1. The van der Waals surface area contributed by atoms with Gasteiger partial charge >= 0.3 is 5.97 Å². The topological polar surface area (TPSA) is 116 Å². The molecule has 1 aromatic rings. The lowest BCUT2D eigenvalue weighted by Gasteiger charge is -2.40. The van der Waals surface area contributed by atoms with Crippen LogP contribution in [0.25, 0.3) is 0 Å². The summed E-state index contributed by atoms with van der Waals surface area (Å²) in [6.07, 6.45) is 1.90. The van der Waals surface area contributed by atoms with Crippen LogP contribution in [0.4, 0.5) is 4.39 Å². The van der Waals surface area contributed by atoms with E-state index in [1.54, 1.807) is 36.6 Å². The zero-order valence-corrected chi connectivity index (χ0v) is 21.5. The fourth-order valence-corrected chi connectivity index (χ4v) is 5.78. The van der Waals surface area contributed by atoms with E-state index in [2.05, 4.69) is 5.32 Å². The fourth-order valence-electron chi connectivity index (χ4n) is 4.82. The molecule has 0 unspecified atom stereocenters. The maximum Gasteiger partial charge on any atom is 0.303 e. The van der Waals surface area contributed by atoms with Gasteiger partial charge in [0.2, 0.25) is 5.91 Å². The predicted octanol–water partition coefficient (Wildman–Crippen LogP) is 2.50. The zero-order chi connectivity index (χ0) is 25.8. The van der Waals surface area contributed by atoms with Gasteiger partial charge in [-0.1, -0.05) is 6.92 Å². The number of rotatable bonds is 8. The molecule has 0 aliphatic carbocycles. The van der Waals surface area contributed by atoms with Crippen LogP contribution in [0.5, 0.6) is 0 Å². The summed E-state index contributed by atoms with van der Waals surface area (Å²) in [6.45, 7) is 7.25. The zero-order valence-electron chi connectivity index (χ0n) is 20.7. The van der Waals surface area contributed by atoms with Crippen molar-refractivity contribution in [1.29, 1.82) is 0 Å². The first-order valence-electron chi connectivity index (χ1n) is 12.1. The van der Waals surface area contributed by atoms with Gasteiger partial charge in [-0.05, 0) is 57.2 Å². The van der Waals surface area contributed by atoms with Crippen molar-refractivity contribution in [2.24, 2.45) is 17.1 Å². The molecule has 0 saturated carbocycles. The summed E-state index contributed by atoms with van der Waals surface area (Å²) in [5.74, 6) is 0.144. The molecule has 0 aromatic heterocycles. The van der Waals surface area contributed by atoms with Crippen molar-refractivity contribution >= 4 is 35.4 Å². The van der Waals surface area contributed by atoms with Crippen LogP contribution in [0, 0.1) is 17.2 Å². The van der Waals surface area contributed by atoms with Crippen molar-refractivity contribution in [3.8, 4) is 0 Å². The smallest absolute Gasteiger partial charge is 0.303 e. The fraction of sp³-hybridized carbons (Fsp3) is 0.600. The minimum absolute atomic E-state index is 0.0720. The number of carbonyl (C=O) groups is 3. The van der Waals surface area contributed by atoms with Crippen molar-refractivity contribution < 1.29 is 28.5 Å². The number of thioether (sulfide) groups is 1. The molecule has 0 spiro atoms. The quantitative estimate of drug-likeness (QED) is 0.368. The Kier molecular flexibility index (Phi) is 8.79. The Balaban J connectivity index is 1.67. The third-order valence-electron chi connectivity index (χ3n) is 7.10. The molecular formula is C25H36FN4O4S+. The Morgan fingerprint density at radius 2 is 2.00 bits per heavy atom. The lowest BCUT2D eigenvalue weighted by atomic mass is 9.80. The Morgan fingerprint density at radius 3 is 2.54 bits per heavy atom. The number of nitrogens with two attached hydrogens (primary N) is 1. The Labute approximate surface area is 210 Å². The first-order chi connectivity index (χ1) is 16.5. The largest absolute Gasteiger partial charge is 0.481 e. The molecule has 0 bridgehead atoms. The number of piperidine rings is 1.